The van der Waals surface area contributed by atoms with E-state index in [0.717, 1.165) is 5.69 Å². The molecule has 0 radical (unpaired) electrons. The van der Waals surface area contributed by atoms with Crippen LogP contribution in [-0.2, 0) is 0 Å². The first-order valence-corrected chi connectivity index (χ1v) is 5.36. The summed E-state index contributed by atoms with van der Waals surface area (Å²) >= 11 is 0. The van der Waals surface area contributed by atoms with E-state index in [9.17, 15) is 0 Å². The third-order valence-corrected chi connectivity index (χ3v) is 3.12. The summed E-state index contributed by atoms with van der Waals surface area (Å²) in [5.41, 5.74) is 12.2. The van der Waals surface area contributed by atoms with Gasteiger partial charge in [0.05, 0.1) is 0 Å². The molecule has 15 heavy (non-hydrogen) atoms. The van der Waals surface area contributed by atoms with Gasteiger partial charge in [-0.05, 0) is 44.4 Å². The number of benzene rings is 1. The molecule has 1 unspecified atom stereocenters. The Morgan fingerprint density at radius 3 is 2.27 bits per heavy atom. The van der Waals surface area contributed by atoms with Crippen LogP contribution in [0.2, 0.25) is 0 Å². The molecule has 2 nitrogen and oxygen atoms in total. The van der Waals surface area contributed by atoms with Crippen LogP contribution in [0.5, 0.6) is 0 Å². The molecule has 0 aliphatic heterocycles. The number of nitrogens with one attached hydrogen (secondary N) is 1. The summed E-state index contributed by atoms with van der Waals surface area (Å²) in [6.45, 7) is 8.43. The highest BCUT2D eigenvalue weighted by Gasteiger charge is 2.13. The van der Waals surface area contributed by atoms with E-state index in [1.54, 1.807) is 0 Å². The molecule has 80 valence electrons. The number of aromatic nitrogens is 1. The number of H-pyrrole nitrogens is 1. The van der Waals surface area contributed by atoms with Crippen LogP contribution in [0.15, 0.2) is 12.1 Å². The van der Waals surface area contributed by atoms with Crippen molar-refractivity contribution in [3.8, 4) is 0 Å². The number of aryl methyl sites for hydroxylation is 3. The topological polar surface area (TPSA) is 41.8 Å². The second kappa shape index (κ2) is 3.38. The van der Waals surface area contributed by atoms with Crippen LogP contribution in [0, 0.1) is 20.8 Å². The fourth-order valence-corrected chi connectivity index (χ4v) is 2.27. The normalized spacial score (nSPS) is 13.4. The van der Waals surface area contributed by atoms with Crippen LogP contribution in [0.25, 0.3) is 10.9 Å². The molecular formula is C13H18N2. The zero-order chi connectivity index (χ0) is 11.2. The molecule has 1 atom stereocenters. The molecule has 0 aliphatic rings. The fraction of sp³-hybridized carbons (Fsp3) is 0.385. The lowest BCUT2D eigenvalue weighted by Gasteiger charge is -2.03. The molecule has 0 bridgehead atoms. The molecule has 2 heteroatoms. The summed E-state index contributed by atoms with van der Waals surface area (Å²) < 4.78 is 0. The summed E-state index contributed by atoms with van der Waals surface area (Å²) in [7, 11) is 0. The highest BCUT2D eigenvalue weighted by atomic mass is 14.8. The standard InChI is InChI=1S/C13H18N2/c1-7-5-6-8(2)12-11(7)9(3)13(15-12)10(4)14/h5-6,10,15H,14H2,1-4H3. The molecule has 0 fully saturated rings. The van der Waals surface area contributed by atoms with Gasteiger partial charge >= 0.3 is 0 Å². The van der Waals surface area contributed by atoms with Crippen molar-refractivity contribution in [1.29, 1.82) is 0 Å². The van der Waals surface area contributed by atoms with Crippen LogP contribution in [0.4, 0.5) is 0 Å². The Kier molecular flexibility index (Phi) is 2.31. The van der Waals surface area contributed by atoms with Gasteiger partial charge in [0.1, 0.15) is 0 Å². The molecule has 0 aliphatic carbocycles. The minimum absolute atomic E-state index is 0.0659. The Morgan fingerprint density at radius 2 is 1.73 bits per heavy atom. The summed E-state index contributed by atoms with van der Waals surface area (Å²) in [4.78, 5) is 3.45. The molecule has 0 spiro atoms. The predicted molar refractivity (Wildman–Crippen MR) is 65.1 cm³/mol. The van der Waals surface area contributed by atoms with Crippen molar-refractivity contribution >= 4 is 10.9 Å². The lowest BCUT2D eigenvalue weighted by atomic mass is 10.0. The van der Waals surface area contributed by atoms with Gasteiger partial charge in [-0.25, -0.2) is 0 Å². The Balaban J connectivity index is 2.87. The summed E-state index contributed by atoms with van der Waals surface area (Å²) in [5, 5.41) is 1.34. The average Bonchev–Trinajstić information content (AvgIpc) is 2.51. The van der Waals surface area contributed by atoms with E-state index in [0.29, 0.717) is 0 Å². The highest BCUT2D eigenvalue weighted by Crippen LogP contribution is 2.29. The molecular weight excluding hydrogens is 184 g/mol. The second-order valence-corrected chi connectivity index (χ2v) is 4.40. The van der Waals surface area contributed by atoms with Crippen molar-refractivity contribution in [1.82, 2.24) is 4.98 Å². The number of rotatable bonds is 1. The Bertz CT molecular complexity index is 507. The SMILES string of the molecule is Cc1ccc(C)c2c(C)c(C(C)N)[nH]c12. The van der Waals surface area contributed by atoms with Crippen LogP contribution in [-0.4, -0.2) is 4.98 Å². The van der Waals surface area contributed by atoms with Crippen LogP contribution in [0.3, 0.4) is 0 Å². The van der Waals surface area contributed by atoms with Crippen molar-refractivity contribution in [3.05, 3.63) is 34.5 Å². The number of fused-ring (bicyclic) bond motifs is 1. The number of aromatic amines is 1. The predicted octanol–water partition coefficient (Wildman–Crippen LogP) is 3.11. The van der Waals surface area contributed by atoms with Crippen molar-refractivity contribution < 1.29 is 0 Å². The summed E-state index contributed by atoms with van der Waals surface area (Å²) in [6, 6.07) is 4.39. The number of hydrogen-bond donors (Lipinski definition) is 2. The van der Waals surface area contributed by atoms with Gasteiger partial charge in [0.25, 0.3) is 0 Å². The van der Waals surface area contributed by atoms with Gasteiger partial charge < -0.3 is 10.7 Å². The van der Waals surface area contributed by atoms with Gasteiger partial charge in [-0.3, -0.25) is 0 Å². The lowest BCUT2D eigenvalue weighted by molar-refractivity contribution is 0.785. The van der Waals surface area contributed by atoms with E-state index in [2.05, 4.69) is 37.9 Å². The molecule has 3 N–H and O–H groups in total. The molecule has 1 aromatic heterocycles. The van der Waals surface area contributed by atoms with Crippen LogP contribution in [0.1, 0.15) is 35.3 Å². The van der Waals surface area contributed by atoms with E-state index >= 15 is 0 Å². The van der Waals surface area contributed by atoms with Crippen molar-refractivity contribution in [2.45, 2.75) is 33.7 Å². The van der Waals surface area contributed by atoms with Gasteiger partial charge in [0.2, 0.25) is 0 Å². The average molecular weight is 202 g/mol. The Labute approximate surface area is 90.5 Å². The van der Waals surface area contributed by atoms with Crippen LogP contribution < -0.4 is 5.73 Å². The van der Waals surface area contributed by atoms with E-state index < -0.39 is 0 Å². The number of nitrogens with two attached hydrogens (primary N) is 1. The minimum Gasteiger partial charge on any atom is -0.357 e. The quantitative estimate of drug-likeness (QED) is 0.733. The molecule has 1 heterocycles. The monoisotopic (exact) mass is 202 g/mol. The molecule has 2 rings (SSSR count). The Morgan fingerprint density at radius 1 is 1.13 bits per heavy atom. The molecule has 2 aromatic rings. The minimum atomic E-state index is 0.0659. The molecule has 0 saturated carbocycles. The number of hydrogen-bond acceptors (Lipinski definition) is 1. The molecule has 0 amide bonds. The van der Waals surface area contributed by atoms with Gasteiger partial charge in [-0.2, -0.15) is 0 Å². The van der Waals surface area contributed by atoms with Crippen LogP contribution >= 0.6 is 0 Å². The first-order valence-electron chi connectivity index (χ1n) is 5.36. The van der Waals surface area contributed by atoms with E-state index in [1.165, 1.54) is 27.6 Å². The van der Waals surface area contributed by atoms with Gasteiger partial charge in [0.15, 0.2) is 0 Å². The second-order valence-electron chi connectivity index (χ2n) is 4.40. The summed E-state index contributed by atoms with van der Waals surface area (Å²) in [5.74, 6) is 0. The first kappa shape index (κ1) is 10.2. The largest absolute Gasteiger partial charge is 0.357 e. The maximum absolute atomic E-state index is 5.95. The van der Waals surface area contributed by atoms with E-state index in [1.807, 2.05) is 6.92 Å². The lowest BCUT2D eigenvalue weighted by Crippen LogP contribution is -2.06. The van der Waals surface area contributed by atoms with E-state index in [-0.39, 0.29) is 6.04 Å². The van der Waals surface area contributed by atoms with Crippen molar-refractivity contribution in [3.63, 3.8) is 0 Å². The van der Waals surface area contributed by atoms with Crippen molar-refractivity contribution in [2.24, 2.45) is 5.73 Å². The van der Waals surface area contributed by atoms with Gasteiger partial charge in [-0.1, -0.05) is 12.1 Å². The third-order valence-electron chi connectivity index (χ3n) is 3.12. The zero-order valence-electron chi connectivity index (χ0n) is 9.81. The zero-order valence-corrected chi connectivity index (χ0v) is 9.81. The Hall–Kier alpha value is -1.28. The fourth-order valence-electron chi connectivity index (χ4n) is 2.27. The van der Waals surface area contributed by atoms with Gasteiger partial charge in [0, 0.05) is 22.6 Å². The van der Waals surface area contributed by atoms with Gasteiger partial charge in [-0.15, -0.1) is 0 Å². The highest BCUT2D eigenvalue weighted by molar-refractivity contribution is 5.90. The molecule has 0 saturated heterocycles. The first-order chi connectivity index (χ1) is 7.02. The third kappa shape index (κ3) is 1.45. The molecule has 1 aromatic carbocycles. The summed E-state index contributed by atoms with van der Waals surface area (Å²) in [6.07, 6.45) is 0. The van der Waals surface area contributed by atoms with E-state index in [4.69, 9.17) is 5.73 Å². The maximum atomic E-state index is 5.95. The van der Waals surface area contributed by atoms with Crippen molar-refractivity contribution in [2.75, 3.05) is 0 Å². The maximum Gasteiger partial charge on any atom is 0.0491 e. The smallest absolute Gasteiger partial charge is 0.0491 e.